The quantitative estimate of drug-likeness (QED) is 0.828. The number of carbonyl (C=O) groups is 2. The Morgan fingerprint density at radius 1 is 1.05 bits per heavy atom. The minimum atomic E-state index is -0.131. The van der Waals surface area contributed by atoms with Crippen LogP contribution in [-0.4, -0.2) is 16.8 Å². The summed E-state index contributed by atoms with van der Waals surface area (Å²) >= 11 is 0. The third-order valence-corrected chi connectivity index (χ3v) is 3.19. The molecule has 0 aliphatic heterocycles. The van der Waals surface area contributed by atoms with Gasteiger partial charge in [0.1, 0.15) is 5.75 Å². The first-order valence-corrected chi connectivity index (χ1v) is 6.74. The monoisotopic (exact) mass is 283 g/mol. The smallest absolute Gasteiger partial charge is 0.224 e. The molecule has 4 heteroatoms. The minimum Gasteiger partial charge on any atom is -0.508 e. The number of hydrogen-bond acceptors (Lipinski definition) is 3. The number of ketones is 1. The lowest BCUT2D eigenvalue weighted by atomic mass is 10.1. The van der Waals surface area contributed by atoms with E-state index in [1.807, 2.05) is 6.07 Å². The zero-order valence-electron chi connectivity index (χ0n) is 11.8. The molecule has 21 heavy (non-hydrogen) atoms. The first-order chi connectivity index (χ1) is 10.1. The van der Waals surface area contributed by atoms with Crippen LogP contribution >= 0.6 is 0 Å². The van der Waals surface area contributed by atoms with Crippen LogP contribution < -0.4 is 5.32 Å². The number of anilines is 1. The molecule has 4 nitrogen and oxygen atoms in total. The number of hydrogen-bond donors (Lipinski definition) is 2. The van der Waals surface area contributed by atoms with E-state index in [1.165, 1.54) is 6.92 Å². The summed E-state index contributed by atoms with van der Waals surface area (Å²) in [6.45, 7) is 1.50. The molecule has 0 aromatic heterocycles. The second-order valence-electron chi connectivity index (χ2n) is 4.81. The lowest BCUT2D eigenvalue weighted by Gasteiger charge is -2.07. The average Bonchev–Trinajstić information content (AvgIpc) is 2.47. The van der Waals surface area contributed by atoms with Crippen LogP contribution in [-0.2, 0) is 11.2 Å². The number of aromatic hydroxyl groups is 1. The first kappa shape index (κ1) is 14.8. The van der Waals surface area contributed by atoms with Crippen molar-refractivity contribution in [3.8, 4) is 5.75 Å². The maximum Gasteiger partial charge on any atom is 0.224 e. The van der Waals surface area contributed by atoms with Crippen LogP contribution in [0.1, 0.15) is 29.3 Å². The van der Waals surface area contributed by atoms with Gasteiger partial charge in [-0.1, -0.05) is 18.2 Å². The van der Waals surface area contributed by atoms with Gasteiger partial charge in [-0.05, 0) is 49.2 Å². The van der Waals surface area contributed by atoms with Gasteiger partial charge in [-0.25, -0.2) is 0 Å². The third-order valence-electron chi connectivity index (χ3n) is 3.19. The molecule has 0 aliphatic carbocycles. The summed E-state index contributed by atoms with van der Waals surface area (Å²) in [4.78, 5) is 23.0. The van der Waals surface area contributed by atoms with Crippen LogP contribution in [0.3, 0.4) is 0 Å². The molecule has 0 saturated heterocycles. The van der Waals surface area contributed by atoms with Crippen molar-refractivity contribution in [3.05, 3.63) is 59.7 Å². The number of Topliss-reactive ketones (excluding diaryl/α,β-unsaturated/α-hetero) is 1. The molecule has 0 spiro atoms. The lowest BCUT2D eigenvalue weighted by Crippen LogP contribution is -2.12. The van der Waals surface area contributed by atoms with Crippen LogP contribution in [0.25, 0.3) is 0 Å². The highest BCUT2D eigenvalue weighted by Crippen LogP contribution is 2.17. The fourth-order valence-corrected chi connectivity index (χ4v) is 1.98. The summed E-state index contributed by atoms with van der Waals surface area (Å²) in [5, 5.41) is 12.4. The highest BCUT2D eigenvalue weighted by atomic mass is 16.3. The van der Waals surface area contributed by atoms with E-state index in [4.69, 9.17) is 0 Å². The molecule has 0 aliphatic rings. The number of nitrogens with one attached hydrogen (secondary N) is 1. The zero-order valence-corrected chi connectivity index (χ0v) is 11.8. The van der Waals surface area contributed by atoms with Gasteiger partial charge in [0, 0.05) is 17.7 Å². The summed E-state index contributed by atoms with van der Waals surface area (Å²) in [5.41, 5.74) is 2.02. The van der Waals surface area contributed by atoms with Gasteiger partial charge in [0.2, 0.25) is 5.91 Å². The van der Waals surface area contributed by atoms with E-state index < -0.39 is 0 Å². The molecule has 0 heterocycles. The fraction of sp³-hybridized carbons (Fsp3) is 0.176. The maximum absolute atomic E-state index is 11.9. The van der Waals surface area contributed by atoms with Crippen molar-refractivity contribution >= 4 is 17.4 Å². The SMILES string of the molecule is CC(=O)c1ccc(NC(=O)CCc2ccccc2O)cc1. The molecule has 2 aromatic carbocycles. The van der Waals surface area contributed by atoms with Crippen LogP contribution in [0.4, 0.5) is 5.69 Å². The average molecular weight is 283 g/mol. The molecular formula is C17H17NO3. The molecule has 0 fully saturated rings. The topological polar surface area (TPSA) is 66.4 Å². The Morgan fingerprint density at radius 3 is 2.33 bits per heavy atom. The molecule has 0 atom stereocenters. The molecule has 1 amide bonds. The molecule has 0 radical (unpaired) electrons. The van der Waals surface area contributed by atoms with E-state index in [0.717, 1.165) is 5.56 Å². The number of benzene rings is 2. The Hall–Kier alpha value is -2.62. The van der Waals surface area contributed by atoms with Crippen LogP contribution in [0.15, 0.2) is 48.5 Å². The number of para-hydroxylation sites is 1. The van der Waals surface area contributed by atoms with Gasteiger partial charge >= 0.3 is 0 Å². The Bertz CT molecular complexity index is 647. The summed E-state index contributed by atoms with van der Waals surface area (Å²) in [6, 6.07) is 13.7. The predicted octanol–water partition coefficient (Wildman–Crippen LogP) is 3.17. The molecule has 2 rings (SSSR count). The van der Waals surface area contributed by atoms with E-state index in [9.17, 15) is 14.7 Å². The number of phenols is 1. The van der Waals surface area contributed by atoms with Crippen LogP contribution in [0.2, 0.25) is 0 Å². The van der Waals surface area contributed by atoms with Crippen molar-refractivity contribution in [1.82, 2.24) is 0 Å². The largest absolute Gasteiger partial charge is 0.508 e. The highest BCUT2D eigenvalue weighted by Gasteiger charge is 2.06. The Balaban J connectivity index is 1.90. The van der Waals surface area contributed by atoms with Crippen molar-refractivity contribution in [1.29, 1.82) is 0 Å². The Labute approximate surface area is 123 Å². The standard InChI is InChI=1S/C17H17NO3/c1-12(19)13-6-9-15(10-7-13)18-17(21)11-8-14-4-2-3-5-16(14)20/h2-7,9-10,20H,8,11H2,1H3,(H,18,21). The first-order valence-electron chi connectivity index (χ1n) is 6.74. The van der Waals surface area contributed by atoms with Gasteiger partial charge < -0.3 is 10.4 Å². The number of phenolic OH excluding ortho intramolecular Hbond substituents is 1. The highest BCUT2D eigenvalue weighted by molar-refractivity contribution is 5.95. The van der Waals surface area contributed by atoms with Gasteiger partial charge in [0.05, 0.1) is 0 Å². The number of amides is 1. The Morgan fingerprint density at radius 2 is 1.71 bits per heavy atom. The maximum atomic E-state index is 11.9. The van der Waals surface area contributed by atoms with Crippen molar-refractivity contribution in [2.45, 2.75) is 19.8 Å². The molecule has 2 N–H and O–H groups in total. The normalized spacial score (nSPS) is 10.1. The van der Waals surface area contributed by atoms with Crippen LogP contribution in [0, 0.1) is 0 Å². The number of rotatable bonds is 5. The molecular weight excluding hydrogens is 266 g/mol. The van der Waals surface area contributed by atoms with Gasteiger partial charge in [0.15, 0.2) is 5.78 Å². The van der Waals surface area contributed by atoms with Crippen LogP contribution in [0.5, 0.6) is 5.75 Å². The molecule has 2 aromatic rings. The van der Waals surface area contributed by atoms with Gasteiger partial charge in [0.25, 0.3) is 0 Å². The van der Waals surface area contributed by atoms with E-state index in [2.05, 4.69) is 5.32 Å². The molecule has 0 saturated carbocycles. The van der Waals surface area contributed by atoms with Gasteiger partial charge in [-0.3, -0.25) is 9.59 Å². The van der Waals surface area contributed by atoms with Gasteiger partial charge in [-0.2, -0.15) is 0 Å². The van der Waals surface area contributed by atoms with E-state index in [1.54, 1.807) is 42.5 Å². The van der Waals surface area contributed by atoms with E-state index in [0.29, 0.717) is 17.7 Å². The summed E-state index contributed by atoms with van der Waals surface area (Å²) in [5.74, 6) is 0.0670. The van der Waals surface area contributed by atoms with E-state index in [-0.39, 0.29) is 23.9 Å². The number of aryl methyl sites for hydroxylation is 1. The predicted molar refractivity (Wildman–Crippen MR) is 81.5 cm³/mol. The second-order valence-corrected chi connectivity index (χ2v) is 4.81. The fourth-order valence-electron chi connectivity index (χ4n) is 1.98. The molecule has 108 valence electrons. The van der Waals surface area contributed by atoms with E-state index >= 15 is 0 Å². The summed E-state index contributed by atoms with van der Waals surface area (Å²) in [6.07, 6.45) is 0.760. The second kappa shape index (κ2) is 6.70. The summed E-state index contributed by atoms with van der Waals surface area (Å²) < 4.78 is 0. The van der Waals surface area contributed by atoms with Crippen molar-refractivity contribution < 1.29 is 14.7 Å². The summed E-state index contributed by atoms with van der Waals surface area (Å²) in [7, 11) is 0. The Kier molecular flexibility index (Phi) is 4.72. The van der Waals surface area contributed by atoms with Crippen molar-refractivity contribution in [2.75, 3.05) is 5.32 Å². The van der Waals surface area contributed by atoms with Crippen molar-refractivity contribution in [2.24, 2.45) is 0 Å². The van der Waals surface area contributed by atoms with Gasteiger partial charge in [-0.15, -0.1) is 0 Å². The number of carbonyl (C=O) groups excluding carboxylic acids is 2. The third kappa shape index (κ3) is 4.18. The molecule has 0 bridgehead atoms. The minimum absolute atomic E-state index is 0.00701. The lowest BCUT2D eigenvalue weighted by molar-refractivity contribution is -0.116. The molecule has 0 unspecified atom stereocenters. The zero-order chi connectivity index (χ0) is 15.2. The van der Waals surface area contributed by atoms with Crippen molar-refractivity contribution in [3.63, 3.8) is 0 Å².